The molecule has 0 N–H and O–H groups in total. The maximum atomic E-state index is 9.87. The van der Waals surface area contributed by atoms with Crippen LogP contribution in [0.5, 0.6) is 11.5 Å². The maximum absolute atomic E-state index is 10.7. The zero-order valence-electron chi connectivity index (χ0n) is 59.1. The maximum Gasteiger partial charge on any atom is 0.173 e. The van der Waals surface area contributed by atoms with Gasteiger partial charge in [-0.2, -0.15) is 0 Å². The number of rotatable bonds is 0. The third-order valence-electron chi connectivity index (χ3n) is 15.5. The Labute approximate surface area is 642 Å². The first-order chi connectivity index (χ1) is 51.0. The number of pyridine rings is 4. The number of nitrogens with zero attached hydrogens (tertiary/aromatic N) is 6. The van der Waals surface area contributed by atoms with Crippen LogP contribution in [-0.4, -0.2) is 75.2 Å². The first-order valence-corrected chi connectivity index (χ1v) is 44.3. The van der Waals surface area contributed by atoms with Crippen molar-refractivity contribution < 1.29 is 147 Å². The molecule has 26 aliphatic rings. The Morgan fingerprint density at radius 1 is 0.259 bits per heavy atom. The molecule has 26 aliphatic heterocycles. The fourth-order valence-electron chi connectivity index (χ4n) is 10.8. The zero-order chi connectivity index (χ0) is 82.8. The molecule has 0 fully saturated rings. The number of hydrogen-bond donors (Lipinski definition) is 0. The van der Waals surface area contributed by atoms with E-state index in [9.17, 15) is 101 Å². The van der Waals surface area contributed by atoms with Crippen molar-refractivity contribution >= 4 is 78.3 Å². The molecule has 9 aromatic rings. The van der Waals surface area contributed by atoms with E-state index in [0.29, 0.717) is 66.1 Å². The molecule has 35 rings (SSSR count). The summed E-state index contributed by atoms with van der Waals surface area (Å²) in [5.41, 5.74) is 15.4. The van der Waals surface area contributed by atoms with Gasteiger partial charge in [0.15, 0.2) is 75.8 Å². The number of thioether (sulfide) groups is 4. The molecule has 0 atom stereocenters. The molecule has 0 spiro atoms. The largest absolute Gasteiger partial charge is 0.201 e. The summed E-state index contributed by atoms with van der Waals surface area (Å²) < 4.78 is 288. The van der Waals surface area contributed by atoms with Gasteiger partial charge in [-0.1, -0.05) is 95.6 Å². The van der Waals surface area contributed by atoms with E-state index < -0.39 is 31.2 Å². The van der Waals surface area contributed by atoms with E-state index in [1.54, 1.807) is 0 Å². The Balaban J connectivity index is 0.000000210. The SMILES string of the molecule is Cc1c2c3c(C)n1CCOCCOCCOc1ccc(cc1)OCCOCCOCCn1c(C)c4c(c1C)SC(=C(S2)S3)S4.F[P-](F)(F)(F)(F)F.F[P-](F)(F)(F)(F)F.F[P-](F)(F)(F)(F)F.F[P-](F)(F)(F)(F)F.c1cc2ccc1C[n+]1ccc(cc1)-c1cc[n+](cc1)Cc1ccc(cc1)C[n+]1ccc(cc1)-c1cc[n+](cc1)C2. The summed E-state index contributed by atoms with van der Waals surface area (Å²) in [4.78, 5) is 5.57. The van der Waals surface area contributed by atoms with Crippen LogP contribution in [0.1, 0.15) is 45.0 Å². The van der Waals surface area contributed by atoms with Crippen molar-refractivity contribution in [2.24, 2.45) is 0 Å². The predicted octanol–water partition coefficient (Wildman–Crippen LogP) is 25.5. The van der Waals surface area contributed by atoms with E-state index in [0.717, 1.165) is 50.8 Å². The van der Waals surface area contributed by atoms with Crippen molar-refractivity contribution in [1.29, 1.82) is 0 Å². The molecule has 0 unspecified atom stereocenters. The molecule has 622 valence electrons. The van der Waals surface area contributed by atoms with E-state index in [1.165, 1.54) is 95.3 Å². The Morgan fingerprint density at radius 2 is 0.438 bits per heavy atom. The number of hydrogen-bond acceptors (Lipinski definition) is 10. The van der Waals surface area contributed by atoms with Gasteiger partial charge in [-0.05, 0) is 74.2 Å². The first-order valence-electron chi connectivity index (χ1n) is 32.9. The van der Waals surface area contributed by atoms with Crippen molar-refractivity contribution in [1.82, 2.24) is 9.13 Å². The second-order valence-corrected chi connectivity index (χ2v) is 37.3. The minimum Gasteiger partial charge on any atom is -0.201 e. The predicted molar refractivity (Wildman–Crippen MR) is 387 cm³/mol. The van der Waals surface area contributed by atoms with Crippen LogP contribution in [0.2, 0.25) is 0 Å². The number of benzene rings is 3. The summed E-state index contributed by atoms with van der Waals surface area (Å²) in [5.74, 6) is 1.58. The van der Waals surface area contributed by atoms with Crippen LogP contribution in [0.4, 0.5) is 101 Å². The second kappa shape index (κ2) is 32.5. The normalized spacial score (nSPS) is 17.8. The van der Waals surface area contributed by atoms with Crippen LogP contribution in [0.3, 0.4) is 0 Å². The van der Waals surface area contributed by atoms with Gasteiger partial charge < -0.3 is 37.6 Å². The average Bonchev–Trinajstić information content (AvgIpc) is 1.58. The molecule has 0 amide bonds. The monoisotopic (exact) mass is 1780 g/mol. The Morgan fingerprint density at radius 3 is 0.634 bits per heavy atom. The first kappa shape index (κ1) is 91.0. The van der Waals surface area contributed by atoms with Gasteiger partial charge in [-0.15, -0.1) is 0 Å². The van der Waals surface area contributed by atoms with Gasteiger partial charge in [0, 0.05) is 126 Å². The summed E-state index contributed by atoms with van der Waals surface area (Å²) >= 11 is 7.71. The van der Waals surface area contributed by atoms with Crippen molar-refractivity contribution in [3.05, 3.63) is 224 Å². The fraction of sp³-hybridized carbons (Fsp3) is 0.294. The number of ether oxygens (including phenoxy) is 6. The Hall–Kier alpha value is -6.56. The van der Waals surface area contributed by atoms with Gasteiger partial charge in [0.25, 0.3) is 0 Å². The molecule has 0 aliphatic carbocycles. The summed E-state index contributed by atoms with van der Waals surface area (Å²) in [5, 5.41) is 0. The topological polar surface area (TPSA) is 80.8 Å². The quantitative estimate of drug-likeness (QED) is 0.0832. The minimum absolute atomic E-state index is 0.486. The second-order valence-electron chi connectivity index (χ2n) is 25.1. The molecular weight excluding hydrogens is 1700 g/mol. The summed E-state index contributed by atoms with van der Waals surface area (Å²) in [6.07, 6.45) is 17.4. The van der Waals surface area contributed by atoms with Crippen LogP contribution in [-0.2, 0) is 58.2 Å². The van der Waals surface area contributed by atoms with Crippen LogP contribution in [0.25, 0.3) is 22.3 Å². The number of aromatic nitrogens is 6. The molecule has 6 aromatic heterocycles. The van der Waals surface area contributed by atoms with Crippen molar-refractivity contribution in [2.75, 3.05) is 66.1 Å². The van der Waals surface area contributed by atoms with Gasteiger partial charge in [-0.3, -0.25) is 0 Å². The van der Waals surface area contributed by atoms with E-state index in [4.69, 9.17) is 28.4 Å². The molecular formula is C68H72F24N6O6P4S4. The molecule has 0 saturated carbocycles. The summed E-state index contributed by atoms with van der Waals surface area (Å²) in [7, 11) is -42.6. The van der Waals surface area contributed by atoms with Gasteiger partial charge in [0.2, 0.25) is 0 Å². The molecule has 12 nitrogen and oxygen atoms in total. The third kappa shape index (κ3) is 36.9. The van der Waals surface area contributed by atoms with E-state index in [2.05, 4.69) is 202 Å². The smallest absolute Gasteiger partial charge is 0.173 e. The molecule has 44 heteroatoms. The molecule has 0 saturated heterocycles. The van der Waals surface area contributed by atoms with E-state index >= 15 is 0 Å². The minimum atomic E-state index is -10.7. The van der Waals surface area contributed by atoms with Gasteiger partial charge in [-0.25, -0.2) is 18.3 Å². The van der Waals surface area contributed by atoms with E-state index in [-0.39, 0.29) is 0 Å². The van der Waals surface area contributed by atoms with Crippen molar-refractivity contribution in [3.63, 3.8) is 0 Å². The zero-order valence-corrected chi connectivity index (χ0v) is 65.9. The van der Waals surface area contributed by atoms with E-state index in [1.807, 2.05) is 71.3 Å². The van der Waals surface area contributed by atoms with Crippen LogP contribution in [0, 0.1) is 27.7 Å². The molecule has 3 aromatic carbocycles. The number of halogens is 24. The van der Waals surface area contributed by atoms with Gasteiger partial charge >= 0.3 is 132 Å². The molecule has 112 heavy (non-hydrogen) atoms. The molecule has 32 heterocycles. The summed E-state index contributed by atoms with van der Waals surface area (Å²) in [6.45, 7) is 19.6. The molecule has 22 bridgehead atoms. The summed E-state index contributed by atoms with van der Waals surface area (Å²) in [6, 6.07) is 43.2. The average molecular weight is 1780 g/mol. The molecule has 0 radical (unpaired) electrons. The van der Waals surface area contributed by atoms with Crippen LogP contribution >= 0.6 is 78.3 Å². The van der Waals surface area contributed by atoms with Crippen LogP contribution in [0.15, 0.2) is 199 Å². The van der Waals surface area contributed by atoms with Gasteiger partial charge in [0.05, 0.1) is 61.3 Å². The standard InChI is InChI=1S/C36H32N4.C32H40N2O6S4.4F6P/c1-2-30-4-3-29(1)25-37-17-9-33(10-18-37)35-13-21-39(22-14-35)27-31-5-7-32(8-6-31)28-40-23-15-36(16-24-40)34-11-19-38(26-30)20-12-34;1-21-27-28-22(2)33(21)9-11-35-13-15-37-17-19-39-25-5-7-26(8-6-25)40-20-18-38-16-14-36-12-10-34-23(3)29-30(24(34)4)44-32(43-29)31(41-27)42-28;4*1-7(2,3,4,5)6/h1-24H,25-28H2;5-8H,9-20H2,1-4H3;;;;/q+4;;4*-1. The Bertz CT molecular complexity index is 4160. The Kier molecular flexibility index (Phi) is 26.4. The fourth-order valence-corrected chi connectivity index (χ4v) is 16.7. The van der Waals surface area contributed by atoms with Gasteiger partial charge in [0.1, 0.15) is 24.7 Å². The third-order valence-corrected chi connectivity index (χ3v) is 21.7. The van der Waals surface area contributed by atoms with Crippen molar-refractivity contribution in [3.8, 4) is 33.8 Å². The van der Waals surface area contributed by atoms with Crippen molar-refractivity contribution in [2.45, 2.75) is 86.5 Å². The van der Waals surface area contributed by atoms with Crippen LogP contribution < -0.4 is 27.7 Å².